The number of hydrogen-bond acceptors (Lipinski definition) is 7. The van der Waals surface area contributed by atoms with E-state index in [9.17, 15) is 14.7 Å². The number of β-amino-alcohol motifs (C(OH)–C–C–N with tert-alkyl or cyclic N) is 1. The quantitative estimate of drug-likeness (QED) is 0.574. The Balaban J connectivity index is 1.46. The first kappa shape index (κ1) is 24.1. The van der Waals surface area contributed by atoms with Gasteiger partial charge in [-0.25, -0.2) is 9.69 Å². The Bertz CT molecular complexity index is 847. The first-order chi connectivity index (χ1) is 15.6. The first-order valence-corrected chi connectivity index (χ1v) is 12.3. The highest BCUT2D eigenvalue weighted by Crippen LogP contribution is 2.40. The van der Waals surface area contributed by atoms with E-state index in [1.807, 2.05) is 34.0 Å². The summed E-state index contributed by atoms with van der Waals surface area (Å²) in [4.78, 5) is 28.4. The lowest BCUT2D eigenvalue weighted by Crippen LogP contribution is -2.53. The minimum atomic E-state index is -0.717. The number of carbonyl (C=O) groups is 2. The molecular weight excluding hydrogens is 422 g/mol. The molecule has 10 heteroatoms. The van der Waals surface area contributed by atoms with Crippen LogP contribution in [0.1, 0.15) is 76.9 Å². The zero-order valence-electron chi connectivity index (χ0n) is 20.3. The van der Waals surface area contributed by atoms with E-state index < -0.39 is 23.6 Å². The lowest BCUT2D eigenvalue weighted by Gasteiger charge is -2.34. The Labute approximate surface area is 196 Å². The lowest BCUT2D eigenvalue weighted by atomic mass is 9.85. The molecule has 3 aliphatic rings. The number of nitrogens with one attached hydrogen (secondary N) is 2. The van der Waals surface area contributed by atoms with Crippen LogP contribution >= 0.6 is 0 Å². The fourth-order valence-electron chi connectivity index (χ4n) is 5.00. The molecule has 3 N–H and O–H groups in total. The molecule has 0 aromatic carbocycles. The summed E-state index contributed by atoms with van der Waals surface area (Å²) in [5.74, 6) is 0.0375. The molecule has 33 heavy (non-hydrogen) atoms. The van der Waals surface area contributed by atoms with Crippen LogP contribution in [0.25, 0.3) is 0 Å². The summed E-state index contributed by atoms with van der Waals surface area (Å²) < 4.78 is 1.65. The van der Waals surface area contributed by atoms with Gasteiger partial charge in [-0.05, 0) is 31.1 Å². The number of likely N-dealkylation sites (tertiary alicyclic amines) is 1. The molecule has 4 rings (SSSR count). The van der Waals surface area contributed by atoms with E-state index in [1.54, 1.807) is 9.58 Å². The number of aromatic nitrogens is 3. The molecule has 2 amide bonds. The van der Waals surface area contributed by atoms with Gasteiger partial charge < -0.3 is 15.3 Å². The van der Waals surface area contributed by atoms with Gasteiger partial charge in [0.2, 0.25) is 11.8 Å². The second kappa shape index (κ2) is 9.68. The summed E-state index contributed by atoms with van der Waals surface area (Å²) in [5, 5.41) is 24.0. The predicted octanol–water partition coefficient (Wildman–Crippen LogP) is 0.810. The summed E-state index contributed by atoms with van der Waals surface area (Å²) in [6.45, 7) is 7.60. The third-order valence-corrected chi connectivity index (χ3v) is 6.93. The molecule has 1 unspecified atom stereocenters. The summed E-state index contributed by atoms with van der Waals surface area (Å²) in [6.07, 6.45) is 6.85. The van der Waals surface area contributed by atoms with Gasteiger partial charge in [0, 0.05) is 51.3 Å². The average Bonchev–Trinajstić information content (AvgIpc) is 3.41. The molecule has 0 radical (unpaired) electrons. The summed E-state index contributed by atoms with van der Waals surface area (Å²) in [5.41, 5.74) is 3.90. The third-order valence-electron chi connectivity index (χ3n) is 6.93. The number of hydrogen-bond donors (Lipinski definition) is 3. The van der Waals surface area contributed by atoms with E-state index in [0.29, 0.717) is 12.5 Å². The van der Waals surface area contributed by atoms with Crippen molar-refractivity contribution in [2.75, 3.05) is 26.7 Å². The number of amides is 2. The Kier molecular flexibility index (Phi) is 7.07. The van der Waals surface area contributed by atoms with E-state index >= 15 is 0 Å². The van der Waals surface area contributed by atoms with E-state index in [4.69, 9.17) is 0 Å². The highest BCUT2D eigenvalue weighted by molar-refractivity contribution is 5.90. The maximum Gasteiger partial charge on any atom is 0.248 e. The molecule has 0 spiro atoms. The molecule has 1 aliphatic carbocycles. The van der Waals surface area contributed by atoms with Crippen molar-refractivity contribution >= 4 is 11.8 Å². The van der Waals surface area contributed by atoms with Gasteiger partial charge in [0.05, 0.1) is 11.8 Å². The van der Waals surface area contributed by atoms with Crippen LogP contribution in [-0.2, 0) is 9.59 Å². The molecule has 184 valence electrons. The van der Waals surface area contributed by atoms with Crippen LogP contribution in [0.15, 0.2) is 6.20 Å². The number of nitrogens with zero attached hydrogens (tertiary/aromatic N) is 5. The highest BCUT2D eigenvalue weighted by Gasteiger charge is 2.45. The van der Waals surface area contributed by atoms with Crippen molar-refractivity contribution in [2.45, 2.75) is 89.4 Å². The highest BCUT2D eigenvalue weighted by atomic mass is 16.3. The van der Waals surface area contributed by atoms with E-state index in [-0.39, 0.29) is 30.8 Å². The number of hydrazine groups is 1. The van der Waals surface area contributed by atoms with Crippen LogP contribution in [0.3, 0.4) is 0 Å². The van der Waals surface area contributed by atoms with Crippen LogP contribution < -0.4 is 10.7 Å². The van der Waals surface area contributed by atoms with Gasteiger partial charge in [-0.15, -0.1) is 5.10 Å². The standard InChI is InChI=1S/C23H39N7O3/c1-23(2,3)20(30-14-18(25-27-30)15-8-9-15)22(33)29-13-17(31)11-19(29)21(32)24-12-16-7-5-6-10-28(4)26-16/h14-17,19-20,26,31H,5-13H2,1-4H3,(H,24,32)/t16?,17-,19+,20-/m1/s1. The Morgan fingerprint density at radius 2 is 2.03 bits per heavy atom. The topological polar surface area (TPSA) is 116 Å². The smallest absolute Gasteiger partial charge is 0.248 e. The van der Waals surface area contributed by atoms with Crippen molar-refractivity contribution in [2.24, 2.45) is 5.41 Å². The average molecular weight is 462 g/mol. The first-order valence-electron chi connectivity index (χ1n) is 12.3. The number of aliphatic hydroxyl groups is 1. The zero-order valence-corrected chi connectivity index (χ0v) is 20.3. The largest absolute Gasteiger partial charge is 0.391 e. The van der Waals surface area contributed by atoms with Crippen molar-refractivity contribution in [3.63, 3.8) is 0 Å². The van der Waals surface area contributed by atoms with Crippen molar-refractivity contribution in [1.82, 2.24) is 35.6 Å². The Morgan fingerprint density at radius 3 is 2.73 bits per heavy atom. The van der Waals surface area contributed by atoms with E-state index in [2.05, 4.69) is 26.1 Å². The van der Waals surface area contributed by atoms with Gasteiger partial charge in [0.25, 0.3) is 0 Å². The number of rotatable bonds is 6. The molecule has 10 nitrogen and oxygen atoms in total. The molecule has 2 saturated heterocycles. The van der Waals surface area contributed by atoms with Crippen molar-refractivity contribution in [3.05, 3.63) is 11.9 Å². The summed E-state index contributed by atoms with van der Waals surface area (Å²) in [6, 6.07) is -1.13. The second-order valence-corrected chi connectivity index (χ2v) is 11.1. The normalized spacial score (nSPS) is 27.9. The maximum atomic E-state index is 13.8. The van der Waals surface area contributed by atoms with E-state index in [0.717, 1.165) is 44.3 Å². The van der Waals surface area contributed by atoms with Crippen LogP contribution in [-0.4, -0.2) is 86.7 Å². The zero-order chi connectivity index (χ0) is 23.8. The van der Waals surface area contributed by atoms with Crippen molar-refractivity contribution in [3.8, 4) is 0 Å². The van der Waals surface area contributed by atoms with Crippen LogP contribution in [0, 0.1) is 5.41 Å². The predicted molar refractivity (Wildman–Crippen MR) is 123 cm³/mol. The molecule has 3 fully saturated rings. The van der Waals surface area contributed by atoms with Gasteiger partial charge in [-0.3, -0.25) is 15.0 Å². The lowest BCUT2D eigenvalue weighted by molar-refractivity contribution is -0.144. The van der Waals surface area contributed by atoms with Gasteiger partial charge in [-0.2, -0.15) is 0 Å². The molecule has 4 atom stereocenters. The fourth-order valence-corrected chi connectivity index (χ4v) is 5.00. The fraction of sp³-hybridized carbons (Fsp3) is 0.826. The Morgan fingerprint density at radius 1 is 1.27 bits per heavy atom. The van der Waals surface area contributed by atoms with Gasteiger partial charge in [0.1, 0.15) is 12.1 Å². The van der Waals surface area contributed by atoms with Crippen LogP contribution in [0.5, 0.6) is 0 Å². The third kappa shape index (κ3) is 5.73. The molecule has 2 aliphatic heterocycles. The van der Waals surface area contributed by atoms with Gasteiger partial charge in [0.15, 0.2) is 0 Å². The monoisotopic (exact) mass is 461 g/mol. The molecule has 1 saturated carbocycles. The summed E-state index contributed by atoms with van der Waals surface area (Å²) in [7, 11) is 2.01. The molecular formula is C23H39N7O3. The number of carbonyl (C=O) groups excluding carboxylic acids is 2. The molecule has 0 bridgehead atoms. The van der Waals surface area contributed by atoms with Crippen molar-refractivity contribution < 1.29 is 14.7 Å². The van der Waals surface area contributed by atoms with Gasteiger partial charge in [-0.1, -0.05) is 32.4 Å². The SMILES string of the molecule is CN1CCCCC(CNC(=O)[C@@H]2C[C@@H](O)CN2C(=O)[C@@H](n2cc(C3CC3)nn2)C(C)(C)C)N1. The van der Waals surface area contributed by atoms with Crippen LogP contribution in [0.4, 0.5) is 0 Å². The summed E-state index contributed by atoms with van der Waals surface area (Å²) >= 11 is 0. The second-order valence-electron chi connectivity index (χ2n) is 11.1. The molecule has 1 aromatic rings. The van der Waals surface area contributed by atoms with Crippen LogP contribution in [0.2, 0.25) is 0 Å². The van der Waals surface area contributed by atoms with Gasteiger partial charge >= 0.3 is 0 Å². The number of aliphatic hydroxyl groups excluding tert-OH is 1. The molecule has 3 heterocycles. The minimum Gasteiger partial charge on any atom is -0.391 e. The van der Waals surface area contributed by atoms with E-state index in [1.165, 1.54) is 0 Å². The Hall–Kier alpha value is -2.04. The van der Waals surface area contributed by atoms with Crippen molar-refractivity contribution in [1.29, 1.82) is 0 Å². The minimum absolute atomic E-state index is 0.151. The maximum absolute atomic E-state index is 13.8. The molecule has 1 aromatic heterocycles.